The Morgan fingerprint density at radius 3 is 2.35 bits per heavy atom. The van der Waals surface area contributed by atoms with Crippen LogP contribution in [0, 0.1) is 22.6 Å². The van der Waals surface area contributed by atoms with Crippen LogP contribution in [0.5, 0.6) is 5.75 Å². The van der Waals surface area contributed by atoms with Crippen LogP contribution in [0.2, 0.25) is 5.02 Å². The molecular formula is C15H17ClFNO4S. The summed E-state index contributed by atoms with van der Waals surface area (Å²) in [4.78, 5) is 11.5. The number of benzene rings is 1. The normalized spacial score (nSPS) is 18.3. The lowest BCUT2D eigenvalue weighted by Gasteiger charge is -2.10. The minimum Gasteiger partial charge on any atom is -0.492 e. The highest BCUT2D eigenvalue weighted by Crippen LogP contribution is 2.68. The maximum atomic E-state index is 14.0. The standard InChI is InChI=1S/C15H17ClFNO4S/c1-14(2)12(15(14,3)4)7-22-11-6-10(17)8(5-9(11)16)13(19)18-23(20)21/h5-6,12H,7H2,1-4H3. The van der Waals surface area contributed by atoms with Crippen LogP contribution in [0.1, 0.15) is 38.1 Å². The quantitative estimate of drug-likeness (QED) is 0.818. The van der Waals surface area contributed by atoms with Crippen LogP contribution in [0.25, 0.3) is 0 Å². The van der Waals surface area contributed by atoms with Crippen LogP contribution in [0.4, 0.5) is 4.39 Å². The van der Waals surface area contributed by atoms with Crippen molar-refractivity contribution in [1.82, 2.24) is 0 Å². The molecule has 1 amide bonds. The van der Waals surface area contributed by atoms with Crippen LogP contribution in [-0.4, -0.2) is 20.9 Å². The van der Waals surface area contributed by atoms with Crippen molar-refractivity contribution in [3.8, 4) is 5.75 Å². The Labute approximate surface area is 140 Å². The topological polar surface area (TPSA) is 72.8 Å². The van der Waals surface area contributed by atoms with Crippen molar-refractivity contribution in [3.05, 3.63) is 28.5 Å². The third kappa shape index (κ3) is 3.26. The largest absolute Gasteiger partial charge is 0.492 e. The van der Waals surface area contributed by atoms with Gasteiger partial charge in [-0.05, 0) is 16.9 Å². The van der Waals surface area contributed by atoms with E-state index >= 15 is 0 Å². The first-order valence-corrected chi connectivity index (χ1v) is 8.36. The third-order valence-electron chi connectivity index (χ3n) is 5.13. The van der Waals surface area contributed by atoms with Crippen molar-refractivity contribution in [1.29, 1.82) is 0 Å². The molecule has 0 bridgehead atoms. The molecule has 1 aliphatic carbocycles. The average Bonchev–Trinajstić information content (AvgIpc) is 2.79. The van der Waals surface area contributed by atoms with E-state index in [2.05, 4.69) is 32.1 Å². The molecule has 0 saturated heterocycles. The maximum absolute atomic E-state index is 14.0. The second kappa shape index (κ2) is 5.87. The van der Waals surface area contributed by atoms with Crippen molar-refractivity contribution in [2.75, 3.05) is 6.61 Å². The second-order valence-corrected chi connectivity index (χ2v) is 7.71. The Hall–Kier alpha value is -1.47. The summed E-state index contributed by atoms with van der Waals surface area (Å²) < 4.78 is 43.1. The van der Waals surface area contributed by atoms with E-state index in [0.717, 1.165) is 12.1 Å². The maximum Gasteiger partial charge on any atom is 0.319 e. The molecule has 0 aliphatic heterocycles. The van der Waals surface area contributed by atoms with Gasteiger partial charge in [0.1, 0.15) is 11.6 Å². The van der Waals surface area contributed by atoms with Crippen LogP contribution in [-0.2, 0) is 10.5 Å². The number of carbonyl (C=O) groups is 1. The van der Waals surface area contributed by atoms with Gasteiger partial charge >= 0.3 is 10.5 Å². The molecule has 1 fully saturated rings. The van der Waals surface area contributed by atoms with Crippen LogP contribution >= 0.6 is 11.6 Å². The van der Waals surface area contributed by atoms with Gasteiger partial charge in [0.2, 0.25) is 0 Å². The highest BCUT2D eigenvalue weighted by Gasteiger charge is 2.64. The number of amides is 1. The first-order chi connectivity index (χ1) is 10.5. The molecule has 1 aliphatic rings. The molecule has 1 saturated carbocycles. The van der Waals surface area contributed by atoms with Gasteiger partial charge in [-0.2, -0.15) is 8.42 Å². The fraction of sp³-hybridized carbons (Fsp3) is 0.533. The monoisotopic (exact) mass is 361 g/mol. The van der Waals surface area contributed by atoms with Crippen molar-refractivity contribution < 1.29 is 22.3 Å². The van der Waals surface area contributed by atoms with Gasteiger partial charge in [-0.25, -0.2) is 4.39 Å². The number of nitrogens with zero attached hydrogens (tertiary/aromatic N) is 1. The summed E-state index contributed by atoms with van der Waals surface area (Å²) in [6.45, 7) is 8.91. The molecule has 5 nitrogen and oxygen atoms in total. The van der Waals surface area contributed by atoms with Gasteiger partial charge in [-0.15, -0.1) is 0 Å². The Bertz CT molecular complexity index is 780. The molecule has 0 aromatic heterocycles. The SMILES string of the molecule is CC1(C)C(COc2cc(F)c(C(=O)N=S(=O)=O)cc2Cl)C1(C)C. The summed E-state index contributed by atoms with van der Waals surface area (Å²) in [5, 5.41) is 0.0258. The Kier molecular flexibility index (Phi) is 4.56. The highest BCUT2D eigenvalue weighted by atomic mass is 35.5. The number of ether oxygens (including phenoxy) is 1. The smallest absolute Gasteiger partial charge is 0.319 e. The van der Waals surface area contributed by atoms with Gasteiger partial charge in [-0.3, -0.25) is 4.79 Å². The van der Waals surface area contributed by atoms with Crippen molar-refractivity contribution in [3.63, 3.8) is 0 Å². The van der Waals surface area contributed by atoms with E-state index in [-0.39, 0.29) is 21.6 Å². The molecule has 1 aromatic rings. The van der Waals surface area contributed by atoms with Gasteiger partial charge in [0.05, 0.1) is 17.2 Å². The van der Waals surface area contributed by atoms with E-state index < -0.39 is 27.8 Å². The number of halogens is 2. The molecule has 0 atom stereocenters. The van der Waals surface area contributed by atoms with E-state index in [1.807, 2.05) is 0 Å². The fourth-order valence-corrected chi connectivity index (χ4v) is 3.29. The molecule has 8 heteroatoms. The van der Waals surface area contributed by atoms with E-state index in [1.54, 1.807) is 0 Å². The fourth-order valence-electron chi connectivity index (χ4n) is 2.84. The molecule has 126 valence electrons. The lowest BCUT2D eigenvalue weighted by atomic mass is 10.0. The zero-order valence-corrected chi connectivity index (χ0v) is 14.8. The Morgan fingerprint density at radius 1 is 1.30 bits per heavy atom. The Morgan fingerprint density at radius 2 is 1.87 bits per heavy atom. The summed E-state index contributed by atoms with van der Waals surface area (Å²) in [5.41, 5.74) is -0.283. The van der Waals surface area contributed by atoms with Gasteiger partial charge < -0.3 is 4.74 Å². The number of carbonyl (C=O) groups excluding carboxylic acids is 1. The lowest BCUT2D eigenvalue weighted by molar-refractivity contribution is 0.100. The van der Waals surface area contributed by atoms with Crippen LogP contribution in [0.15, 0.2) is 16.5 Å². The minimum atomic E-state index is -2.95. The first kappa shape index (κ1) is 17.9. The van der Waals surface area contributed by atoms with Crippen molar-refractivity contribution in [2.24, 2.45) is 21.1 Å². The number of hydrogen-bond donors (Lipinski definition) is 0. The van der Waals surface area contributed by atoms with E-state index in [4.69, 9.17) is 16.3 Å². The Balaban J connectivity index is 2.18. The average molecular weight is 362 g/mol. The van der Waals surface area contributed by atoms with Gasteiger partial charge in [0.25, 0.3) is 5.91 Å². The zero-order valence-electron chi connectivity index (χ0n) is 13.2. The second-order valence-electron chi connectivity index (χ2n) is 6.68. The molecule has 23 heavy (non-hydrogen) atoms. The number of rotatable bonds is 4. The summed E-state index contributed by atoms with van der Waals surface area (Å²) in [7, 11) is -2.95. The molecule has 1 aromatic carbocycles. The lowest BCUT2D eigenvalue weighted by Crippen LogP contribution is -2.07. The summed E-state index contributed by atoms with van der Waals surface area (Å²) in [5.74, 6) is -1.73. The third-order valence-corrected chi connectivity index (χ3v) is 5.74. The summed E-state index contributed by atoms with van der Waals surface area (Å²) in [6.07, 6.45) is 0. The van der Waals surface area contributed by atoms with E-state index in [1.165, 1.54) is 0 Å². The highest BCUT2D eigenvalue weighted by molar-refractivity contribution is 7.62. The minimum absolute atomic E-state index is 0.0258. The van der Waals surface area contributed by atoms with Crippen molar-refractivity contribution >= 4 is 28.0 Å². The zero-order chi connectivity index (χ0) is 17.6. The predicted octanol–water partition coefficient (Wildman–Crippen LogP) is 3.74. The van der Waals surface area contributed by atoms with Crippen molar-refractivity contribution in [2.45, 2.75) is 27.7 Å². The molecule has 0 radical (unpaired) electrons. The summed E-state index contributed by atoms with van der Waals surface area (Å²) >= 11 is 5.99. The van der Waals surface area contributed by atoms with E-state index in [0.29, 0.717) is 12.5 Å². The number of hydrogen-bond acceptors (Lipinski definition) is 4. The molecule has 0 N–H and O–H groups in total. The molecule has 2 rings (SSSR count). The van der Waals surface area contributed by atoms with Gasteiger partial charge in [0, 0.05) is 12.0 Å². The summed E-state index contributed by atoms with van der Waals surface area (Å²) in [6, 6.07) is 2.00. The molecule has 0 heterocycles. The predicted molar refractivity (Wildman–Crippen MR) is 83.6 cm³/mol. The van der Waals surface area contributed by atoms with Gasteiger partial charge in [-0.1, -0.05) is 43.7 Å². The van der Waals surface area contributed by atoms with Gasteiger partial charge in [0.15, 0.2) is 0 Å². The van der Waals surface area contributed by atoms with Crippen LogP contribution < -0.4 is 4.74 Å². The molecular weight excluding hydrogens is 345 g/mol. The first-order valence-electron chi connectivity index (χ1n) is 6.95. The van der Waals surface area contributed by atoms with Crippen LogP contribution in [0.3, 0.4) is 0 Å². The molecule has 0 unspecified atom stereocenters. The molecule has 0 spiro atoms. The van der Waals surface area contributed by atoms with E-state index in [9.17, 15) is 17.6 Å².